The number of aromatic nitrogens is 4. The molecule has 3 aromatic rings. The van der Waals surface area contributed by atoms with Gasteiger partial charge in [-0.25, -0.2) is 0 Å². The average molecular weight is 369 g/mol. The van der Waals surface area contributed by atoms with Gasteiger partial charge in [0.15, 0.2) is 5.16 Å². The van der Waals surface area contributed by atoms with E-state index in [0.717, 1.165) is 28.7 Å². The highest BCUT2D eigenvalue weighted by atomic mass is 32.2. The van der Waals surface area contributed by atoms with Gasteiger partial charge in [0.05, 0.1) is 5.75 Å². The molecule has 0 atom stereocenters. The van der Waals surface area contributed by atoms with Crippen LogP contribution in [0.5, 0.6) is 0 Å². The number of hydrogen-bond donors (Lipinski definition) is 1. The molecule has 1 amide bonds. The van der Waals surface area contributed by atoms with Crippen LogP contribution in [-0.4, -0.2) is 31.0 Å². The first-order chi connectivity index (χ1) is 12.6. The molecular formula is C19H23N5OS. The fraction of sp³-hybridized carbons (Fsp3) is 0.316. The molecule has 0 unspecified atom stereocenters. The van der Waals surface area contributed by atoms with Gasteiger partial charge in [-0.05, 0) is 30.2 Å². The van der Waals surface area contributed by atoms with E-state index in [0.29, 0.717) is 12.2 Å². The second kappa shape index (κ2) is 8.23. The molecule has 0 radical (unpaired) electrons. The van der Waals surface area contributed by atoms with Gasteiger partial charge in [-0.1, -0.05) is 36.9 Å². The highest BCUT2D eigenvalue weighted by molar-refractivity contribution is 7.99. The van der Waals surface area contributed by atoms with E-state index < -0.39 is 0 Å². The number of hydrogen-bond acceptors (Lipinski definition) is 4. The number of nitrogens with one attached hydrogen (secondary N) is 1. The van der Waals surface area contributed by atoms with Crippen LogP contribution in [-0.2, 0) is 31.7 Å². The van der Waals surface area contributed by atoms with Crippen LogP contribution >= 0.6 is 11.8 Å². The van der Waals surface area contributed by atoms with Crippen LogP contribution in [0.4, 0.5) is 5.69 Å². The fourth-order valence-electron chi connectivity index (χ4n) is 2.73. The minimum absolute atomic E-state index is 0.0390. The number of thioether (sulfide) groups is 1. The topological polar surface area (TPSA) is 64.7 Å². The molecule has 0 fully saturated rings. The van der Waals surface area contributed by atoms with Crippen LogP contribution in [0.2, 0.25) is 0 Å². The van der Waals surface area contributed by atoms with Crippen molar-refractivity contribution in [2.75, 3.05) is 11.1 Å². The van der Waals surface area contributed by atoms with Gasteiger partial charge in [0.2, 0.25) is 5.91 Å². The van der Waals surface area contributed by atoms with Crippen LogP contribution in [0.3, 0.4) is 0 Å². The summed E-state index contributed by atoms with van der Waals surface area (Å²) in [5.74, 6) is 1.14. The standard InChI is InChI=1S/C19H23N5OS/c1-4-14-8-5-6-10-16(14)20-18(25)13-26-19-22-21-17(24(19)3)12-15-9-7-11-23(15)2/h5-11H,4,12-13H2,1-3H3,(H,20,25). The molecule has 1 N–H and O–H groups in total. The average Bonchev–Trinajstić information content (AvgIpc) is 3.20. The van der Waals surface area contributed by atoms with E-state index in [1.165, 1.54) is 17.5 Å². The van der Waals surface area contributed by atoms with E-state index in [9.17, 15) is 4.79 Å². The van der Waals surface area contributed by atoms with Crippen LogP contribution in [0.1, 0.15) is 24.0 Å². The lowest BCUT2D eigenvalue weighted by Gasteiger charge is -2.09. The summed E-state index contributed by atoms with van der Waals surface area (Å²) in [5.41, 5.74) is 3.18. The minimum Gasteiger partial charge on any atom is -0.354 e. The molecule has 136 valence electrons. The van der Waals surface area contributed by atoms with Gasteiger partial charge in [-0.3, -0.25) is 4.79 Å². The van der Waals surface area contributed by atoms with Gasteiger partial charge in [0.25, 0.3) is 0 Å². The molecular weight excluding hydrogens is 346 g/mol. The van der Waals surface area contributed by atoms with E-state index in [4.69, 9.17) is 0 Å². The van der Waals surface area contributed by atoms with Crippen molar-refractivity contribution in [2.45, 2.75) is 24.9 Å². The van der Waals surface area contributed by atoms with Crippen molar-refractivity contribution >= 4 is 23.4 Å². The third kappa shape index (κ3) is 4.16. The number of benzene rings is 1. The molecule has 1 aromatic carbocycles. The van der Waals surface area contributed by atoms with Gasteiger partial charge < -0.3 is 14.5 Å². The predicted octanol–water partition coefficient (Wildman–Crippen LogP) is 3.04. The van der Waals surface area contributed by atoms with E-state index in [1.54, 1.807) is 0 Å². The summed E-state index contributed by atoms with van der Waals surface area (Å²) in [7, 11) is 3.95. The second-order valence-electron chi connectivity index (χ2n) is 6.09. The Labute approximate surface area is 157 Å². The van der Waals surface area contributed by atoms with Gasteiger partial charge >= 0.3 is 0 Å². The van der Waals surface area contributed by atoms with Crippen molar-refractivity contribution in [3.05, 3.63) is 59.7 Å². The number of carbonyl (C=O) groups excluding carboxylic acids is 1. The van der Waals surface area contributed by atoms with Gasteiger partial charge in [0, 0.05) is 38.1 Å². The van der Waals surface area contributed by atoms with Crippen molar-refractivity contribution in [3.8, 4) is 0 Å². The highest BCUT2D eigenvalue weighted by Crippen LogP contribution is 2.19. The van der Waals surface area contributed by atoms with Crippen molar-refractivity contribution in [3.63, 3.8) is 0 Å². The largest absolute Gasteiger partial charge is 0.354 e. The van der Waals surface area contributed by atoms with Crippen LogP contribution in [0.25, 0.3) is 0 Å². The highest BCUT2D eigenvalue weighted by Gasteiger charge is 2.13. The Bertz CT molecular complexity index is 899. The lowest BCUT2D eigenvalue weighted by molar-refractivity contribution is -0.113. The van der Waals surface area contributed by atoms with Gasteiger partial charge in [-0.2, -0.15) is 0 Å². The maximum absolute atomic E-state index is 12.3. The molecule has 26 heavy (non-hydrogen) atoms. The number of rotatable bonds is 7. The summed E-state index contributed by atoms with van der Waals surface area (Å²) in [5, 5.41) is 12.2. The molecule has 2 heterocycles. The lowest BCUT2D eigenvalue weighted by atomic mass is 10.1. The summed E-state index contributed by atoms with van der Waals surface area (Å²) in [6.07, 6.45) is 3.61. The summed E-state index contributed by atoms with van der Waals surface area (Å²) >= 11 is 1.40. The monoisotopic (exact) mass is 369 g/mol. The zero-order valence-electron chi connectivity index (χ0n) is 15.3. The van der Waals surface area contributed by atoms with Crippen LogP contribution < -0.4 is 5.32 Å². The number of aryl methyl sites for hydroxylation is 2. The Hall–Kier alpha value is -2.54. The second-order valence-corrected chi connectivity index (χ2v) is 7.04. The van der Waals surface area contributed by atoms with Crippen molar-refractivity contribution in [2.24, 2.45) is 14.1 Å². The first-order valence-corrected chi connectivity index (χ1v) is 9.56. The number of anilines is 1. The Morgan fingerprint density at radius 3 is 2.69 bits per heavy atom. The zero-order chi connectivity index (χ0) is 18.5. The smallest absolute Gasteiger partial charge is 0.234 e. The maximum Gasteiger partial charge on any atom is 0.234 e. The van der Waals surface area contributed by atoms with Crippen molar-refractivity contribution in [1.82, 2.24) is 19.3 Å². The molecule has 0 saturated carbocycles. The van der Waals surface area contributed by atoms with E-state index in [2.05, 4.69) is 33.1 Å². The van der Waals surface area contributed by atoms with E-state index in [-0.39, 0.29) is 5.91 Å². The SMILES string of the molecule is CCc1ccccc1NC(=O)CSc1nnc(Cc2cccn2C)n1C. The molecule has 7 heteroatoms. The third-order valence-electron chi connectivity index (χ3n) is 4.32. The number of carbonyl (C=O) groups is 1. The quantitative estimate of drug-likeness (QED) is 0.650. The Morgan fingerprint density at radius 2 is 1.96 bits per heavy atom. The molecule has 0 aliphatic heterocycles. The van der Waals surface area contributed by atoms with Gasteiger partial charge in [0.1, 0.15) is 5.82 Å². The molecule has 3 rings (SSSR count). The zero-order valence-corrected chi connectivity index (χ0v) is 16.1. The molecule has 0 saturated heterocycles. The van der Waals surface area contributed by atoms with E-state index >= 15 is 0 Å². The molecule has 0 aliphatic carbocycles. The number of nitrogens with zero attached hydrogens (tertiary/aromatic N) is 4. The van der Waals surface area contributed by atoms with Crippen LogP contribution in [0.15, 0.2) is 47.8 Å². The number of amides is 1. The maximum atomic E-state index is 12.3. The summed E-state index contributed by atoms with van der Waals surface area (Å²) in [6.45, 7) is 2.08. The number of para-hydroxylation sites is 1. The van der Waals surface area contributed by atoms with E-state index in [1.807, 2.05) is 55.2 Å². The van der Waals surface area contributed by atoms with Crippen LogP contribution in [0, 0.1) is 0 Å². The van der Waals surface area contributed by atoms with Crippen molar-refractivity contribution in [1.29, 1.82) is 0 Å². The summed E-state index contributed by atoms with van der Waals surface area (Å²) in [6, 6.07) is 12.0. The minimum atomic E-state index is -0.0390. The third-order valence-corrected chi connectivity index (χ3v) is 5.34. The fourth-order valence-corrected chi connectivity index (χ4v) is 3.46. The lowest BCUT2D eigenvalue weighted by Crippen LogP contribution is -2.15. The Morgan fingerprint density at radius 1 is 1.15 bits per heavy atom. The summed E-state index contributed by atoms with van der Waals surface area (Å²) < 4.78 is 4.02. The first kappa shape index (κ1) is 18.3. The Balaban J connectivity index is 1.59. The molecule has 0 bridgehead atoms. The Kier molecular flexibility index (Phi) is 5.78. The normalized spacial score (nSPS) is 10.9. The molecule has 6 nitrogen and oxygen atoms in total. The molecule has 2 aromatic heterocycles. The van der Waals surface area contributed by atoms with Gasteiger partial charge in [-0.15, -0.1) is 10.2 Å². The molecule has 0 spiro atoms. The predicted molar refractivity (Wildman–Crippen MR) is 104 cm³/mol. The molecule has 0 aliphatic rings. The first-order valence-electron chi connectivity index (χ1n) is 8.57. The van der Waals surface area contributed by atoms with Crippen molar-refractivity contribution < 1.29 is 4.79 Å². The summed E-state index contributed by atoms with van der Waals surface area (Å²) in [4.78, 5) is 12.3.